The van der Waals surface area contributed by atoms with E-state index in [1.165, 1.54) is 11.3 Å². The van der Waals surface area contributed by atoms with E-state index < -0.39 is 0 Å². The third-order valence-corrected chi connectivity index (χ3v) is 3.07. The van der Waals surface area contributed by atoms with Crippen LogP contribution in [0.25, 0.3) is 0 Å². The van der Waals surface area contributed by atoms with Gasteiger partial charge in [0.05, 0.1) is 0 Å². The molecule has 1 aromatic rings. The van der Waals surface area contributed by atoms with Gasteiger partial charge in [-0.3, -0.25) is 0 Å². The van der Waals surface area contributed by atoms with E-state index in [9.17, 15) is 0 Å². The molecular formula is C12H17NS. The maximum atomic E-state index is 4.25. The summed E-state index contributed by atoms with van der Waals surface area (Å²) in [5.74, 6) is 0.721. The lowest BCUT2D eigenvalue weighted by Gasteiger charge is -2.09. The second kappa shape index (κ2) is 5.86. The van der Waals surface area contributed by atoms with Gasteiger partial charge in [-0.25, -0.2) is 4.98 Å². The lowest BCUT2D eigenvalue weighted by molar-refractivity contribution is 0.569. The van der Waals surface area contributed by atoms with Crippen LogP contribution in [0.3, 0.4) is 0 Å². The second-order valence-corrected chi connectivity index (χ2v) is 4.73. The molecule has 2 heteroatoms. The minimum atomic E-state index is 0.721. The fourth-order valence-electron chi connectivity index (χ4n) is 1.13. The van der Waals surface area contributed by atoms with Crippen molar-refractivity contribution in [1.82, 2.24) is 4.98 Å². The first-order chi connectivity index (χ1) is 6.72. The van der Waals surface area contributed by atoms with Crippen LogP contribution in [-0.4, -0.2) is 4.98 Å². The fourth-order valence-corrected chi connectivity index (χ4v) is 2.05. The van der Waals surface area contributed by atoms with Crippen molar-refractivity contribution >= 4 is 11.8 Å². The molecule has 0 aliphatic heterocycles. The number of aromatic nitrogens is 1. The van der Waals surface area contributed by atoms with Gasteiger partial charge in [-0.15, -0.1) is 0 Å². The molecule has 0 saturated carbocycles. The van der Waals surface area contributed by atoms with E-state index in [4.69, 9.17) is 0 Å². The molecule has 0 N–H and O–H groups in total. The molecule has 0 fully saturated rings. The highest BCUT2D eigenvalue weighted by Crippen LogP contribution is 2.28. The summed E-state index contributed by atoms with van der Waals surface area (Å²) in [5.41, 5.74) is 0. The van der Waals surface area contributed by atoms with Crippen LogP contribution < -0.4 is 0 Å². The van der Waals surface area contributed by atoms with Gasteiger partial charge < -0.3 is 0 Å². The van der Waals surface area contributed by atoms with E-state index in [0.29, 0.717) is 0 Å². The summed E-state index contributed by atoms with van der Waals surface area (Å²) in [6, 6.07) is 5.96. The average Bonchev–Trinajstić information content (AvgIpc) is 2.19. The summed E-state index contributed by atoms with van der Waals surface area (Å²) in [4.78, 5) is 5.46. The van der Waals surface area contributed by atoms with E-state index in [-0.39, 0.29) is 0 Å². The quantitative estimate of drug-likeness (QED) is 0.673. The molecular weight excluding hydrogens is 190 g/mol. The van der Waals surface area contributed by atoms with Crippen LogP contribution >= 0.6 is 11.8 Å². The molecule has 1 aromatic heterocycles. The zero-order valence-corrected chi connectivity index (χ0v) is 9.68. The monoisotopic (exact) mass is 207 g/mol. The number of thioether (sulfide) groups is 1. The van der Waals surface area contributed by atoms with Gasteiger partial charge in [0.2, 0.25) is 0 Å². The Bertz CT molecular complexity index is 282. The van der Waals surface area contributed by atoms with Crippen molar-refractivity contribution in [2.75, 3.05) is 0 Å². The predicted octanol–water partition coefficient (Wildman–Crippen LogP) is 4.12. The Hall–Kier alpha value is -0.760. The van der Waals surface area contributed by atoms with Crippen molar-refractivity contribution in [2.24, 2.45) is 5.92 Å². The molecule has 0 saturated heterocycles. The van der Waals surface area contributed by atoms with Gasteiger partial charge in [-0.2, -0.15) is 0 Å². The summed E-state index contributed by atoms with van der Waals surface area (Å²) >= 11 is 1.68. The molecule has 0 amide bonds. The third kappa shape index (κ3) is 3.97. The van der Waals surface area contributed by atoms with Crippen molar-refractivity contribution < 1.29 is 0 Å². The summed E-state index contributed by atoms with van der Waals surface area (Å²) in [7, 11) is 0. The molecule has 76 valence electrons. The molecule has 14 heavy (non-hydrogen) atoms. The van der Waals surface area contributed by atoms with Crippen LogP contribution in [-0.2, 0) is 0 Å². The zero-order chi connectivity index (χ0) is 10.4. The molecule has 0 bridgehead atoms. The largest absolute Gasteiger partial charge is 0.250 e. The molecule has 1 nitrogen and oxygen atoms in total. The van der Waals surface area contributed by atoms with Gasteiger partial charge in [0, 0.05) is 6.20 Å². The van der Waals surface area contributed by atoms with Crippen LogP contribution in [0.1, 0.15) is 26.7 Å². The zero-order valence-electron chi connectivity index (χ0n) is 8.86. The highest BCUT2D eigenvalue weighted by atomic mass is 32.2. The van der Waals surface area contributed by atoms with Crippen LogP contribution in [0, 0.1) is 5.92 Å². The van der Waals surface area contributed by atoms with Gasteiger partial charge in [0.1, 0.15) is 5.03 Å². The van der Waals surface area contributed by atoms with E-state index in [1.54, 1.807) is 11.8 Å². The smallest absolute Gasteiger partial charge is 0.100 e. The highest BCUT2D eigenvalue weighted by Gasteiger charge is 2.04. The van der Waals surface area contributed by atoms with E-state index in [2.05, 4.69) is 25.4 Å². The SMILES string of the molecule is C=C(C[C@@H](C)CC)Sc1ccccn1. The topological polar surface area (TPSA) is 12.9 Å². The maximum Gasteiger partial charge on any atom is 0.100 e. The minimum absolute atomic E-state index is 0.721. The van der Waals surface area contributed by atoms with Crippen molar-refractivity contribution in [3.05, 3.63) is 35.9 Å². The standard InChI is InChI=1S/C12H17NS/c1-4-10(2)9-11(3)14-12-7-5-6-8-13-12/h5-8,10H,3-4,9H2,1-2H3/t10-/m0/s1. The number of pyridine rings is 1. The minimum Gasteiger partial charge on any atom is -0.250 e. The lowest BCUT2D eigenvalue weighted by atomic mass is 10.1. The molecule has 0 spiro atoms. The fraction of sp³-hybridized carbons (Fsp3) is 0.417. The molecule has 1 rings (SSSR count). The molecule has 1 atom stereocenters. The summed E-state index contributed by atoms with van der Waals surface area (Å²) in [5, 5.41) is 1.04. The molecule has 0 radical (unpaired) electrons. The van der Waals surface area contributed by atoms with Crippen LogP contribution in [0.5, 0.6) is 0 Å². The van der Waals surface area contributed by atoms with Crippen LogP contribution in [0.15, 0.2) is 40.9 Å². The predicted molar refractivity (Wildman–Crippen MR) is 63.3 cm³/mol. The van der Waals surface area contributed by atoms with Gasteiger partial charge >= 0.3 is 0 Å². The Morgan fingerprint density at radius 1 is 1.57 bits per heavy atom. The van der Waals surface area contributed by atoms with Gasteiger partial charge in [-0.1, -0.05) is 44.7 Å². The van der Waals surface area contributed by atoms with Crippen molar-refractivity contribution in [3.8, 4) is 0 Å². The summed E-state index contributed by atoms with van der Waals surface area (Å²) < 4.78 is 0. The molecule has 0 unspecified atom stereocenters. The Balaban J connectivity index is 2.42. The highest BCUT2D eigenvalue weighted by molar-refractivity contribution is 8.03. The number of hydrogen-bond acceptors (Lipinski definition) is 2. The molecule has 0 aliphatic carbocycles. The van der Waals surface area contributed by atoms with Gasteiger partial charge in [0.15, 0.2) is 0 Å². The van der Waals surface area contributed by atoms with Crippen LogP contribution in [0.4, 0.5) is 0 Å². The summed E-state index contributed by atoms with van der Waals surface area (Å²) in [6.45, 7) is 8.53. The number of rotatable bonds is 5. The lowest BCUT2D eigenvalue weighted by Crippen LogP contribution is -1.92. The second-order valence-electron chi connectivity index (χ2n) is 3.53. The van der Waals surface area contributed by atoms with Gasteiger partial charge in [0.25, 0.3) is 0 Å². The first-order valence-corrected chi connectivity index (χ1v) is 5.80. The Kier molecular flexibility index (Phi) is 4.74. The first kappa shape index (κ1) is 11.3. The Morgan fingerprint density at radius 2 is 2.36 bits per heavy atom. The van der Waals surface area contributed by atoms with Crippen LogP contribution in [0.2, 0.25) is 0 Å². The van der Waals surface area contributed by atoms with Crippen molar-refractivity contribution in [3.63, 3.8) is 0 Å². The molecule has 1 heterocycles. The Morgan fingerprint density at radius 3 is 2.93 bits per heavy atom. The third-order valence-electron chi connectivity index (χ3n) is 2.16. The first-order valence-electron chi connectivity index (χ1n) is 4.99. The summed E-state index contributed by atoms with van der Waals surface area (Å²) in [6.07, 6.45) is 4.11. The number of allylic oxidation sites excluding steroid dienone is 1. The molecule has 0 aromatic carbocycles. The number of hydrogen-bond donors (Lipinski definition) is 0. The van der Waals surface area contributed by atoms with E-state index in [1.807, 2.05) is 24.4 Å². The van der Waals surface area contributed by atoms with E-state index >= 15 is 0 Å². The van der Waals surface area contributed by atoms with E-state index in [0.717, 1.165) is 17.4 Å². The van der Waals surface area contributed by atoms with Crippen molar-refractivity contribution in [2.45, 2.75) is 31.7 Å². The Labute approximate surface area is 90.6 Å². The van der Waals surface area contributed by atoms with Gasteiger partial charge in [-0.05, 0) is 29.4 Å². The maximum absolute atomic E-state index is 4.25. The number of nitrogens with zero attached hydrogens (tertiary/aromatic N) is 1. The molecule has 0 aliphatic rings. The van der Waals surface area contributed by atoms with Crippen molar-refractivity contribution in [1.29, 1.82) is 0 Å². The normalized spacial score (nSPS) is 12.4. The average molecular weight is 207 g/mol.